The minimum absolute atomic E-state index is 0.221. The molecular weight excluding hydrogens is 522 g/mol. The number of amides is 2. The highest BCUT2D eigenvalue weighted by atomic mass is 35.5. The first-order chi connectivity index (χ1) is 18.8. The van der Waals surface area contributed by atoms with E-state index in [1.165, 1.54) is 6.21 Å². The van der Waals surface area contributed by atoms with Crippen molar-refractivity contribution >= 4 is 35.3 Å². The van der Waals surface area contributed by atoms with Crippen LogP contribution in [0.1, 0.15) is 42.3 Å². The normalized spacial score (nSPS) is 10.7. The van der Waals surface area contributed by atoms with E-state index in [0.29, 0.717) is 64.7 Å². The van der Waals surface area contributed by atoms with E-state index < -0.39 is 5.91 Å². The lowest BCUT2D eigenvalue weighted by Crippen LogP contribution is -2.20. The van der Waals surface area contributed by atoms with E-state index in [1.807, 2.05) is 33.8 Å². The van der Waals surface area contributed by atoms with Crippen LogP contribution in [0, 0.1) is 6.92 Å². The molecule has 3 aromatic rings. The van der Waals surface area contributed by atoms with Crippen molar-refractivity contribution in [3.8, 4) is 23.0 Å². The van der Waals surface area contributed by atoms with Crippen molar-refractivity contribution in [2.75, 3.05) is 31.7 Å². The third kappa shape index (κ3) is 8.65. The first-order valence-corrected chi connectivity index (χ1v) is 12.9. The molecule has 9 nitrogen and oxygen atoms in total. The Kier molecular flexibility index (Phi) is 11.0. The van der Waals surface area contributed by atoms with Crippen molar-refractivity contribution in [1.29, 1.82) is 0 Å². The lowest BCUT2D eigenvalue weighted by atomic mass is 10.2. The molecule has 0 aromatic heterocycles. The topological polar surface area (TPSA) is 107 Å². The van der Waals surface area contributed by atoms with E-state index in [1.54, 1.807) is 48.5 Å². The van der Waals surface area contributed by atoms with Gasteiger partial charge in [0, 0.05) is 16.3 Å². The van der Waals surface area contributed by atoms with Crippen LogP contribution in [0.15, 0.2) is 59.7 Å². The van der Waals surface area contributed by atoms with Crippen molar-refractivity contribution in [1.82, 2.24) is 5.43 Å². The molecule has 0 atom stereocenters. The fourth-order valence-electron chi connectivity index (χ4n) is 3.43. The van der Waals surface area contributed by atoms with Gasteiger partial charge < -0.3 is 24.3 Å². The molecule has 0 aliphatic carbocycles. The van der Waals surface area contributed by atoms with E-state index in [9.17, 15) is 9.59 Å². The molecule has 0 heterocycles. The van der Waals surface area contributed by atoms with E-state index in [-0.39, 0.29) is 12.5 Å². The molecule has 0 aliphatic heterocycles. The van der Waals surface area contributed by atoms with Crippen LogP contribution in [0.5, 0.6) is 23.0 Å². The highest BCUT2D eigenvalue weighted by Crippen LogP contribution is 2.29. The molecule has 39 heavy (non-hydrogen) atoms. The number of anilines is 1. The summed E-state index contributed by atoms with van der Waals surface area (Å²) in [6, 6.07) is 15.3. The lowest BCUT2D eigenvalue weighted by molar-refractivity contribution is -0.118. The standard InChI is InChI=1S/C29H32ClN3O6/c1-5-36-24-13-10-21(15-27(24)38-7-3)29(35)33-31-17-20-9-12-25(26(14-20)37-6-2)39-18-28(34)32-22-11-8-19(4)23(30)16-22/h8-17H,5-7,18H2,1-4H3,(H,32,34)(H,33,35)/b31-17+. The molecule has 0 saturated carbocycles. The zero-order chi connectivity index (χ0) is 28.2. The molecule has 2 amide bonds. The average molecular weight is 554 g/mol. The van der Waals surface area contributed by atoms with Gasteiger partial charge in [-0.2, -0.15) is 5.10 Å². The largest absolute Gasteiger partial charge is 0.490 e. The summed E-state index contributed by atoms with van der Waals surface area (Å²) in [4.78, 5) is 24.9. The number of carbonyl (C=O) groups excluding carboxylic acids is 2. The van der Waals surface area contributed by atoms with Crippen molar-refractivity contribution in [3.63, 3.8) is 0 Å². The second-order valence-corrected chi connectivity index (χ2v) is 8.57. The number of aryl methyl sites for hydroxylation is 1. The Morgan fingerprint density at radius 2 is 1.46 bits per heavy atom. The summed E-state index contributed by atoms with van der Waals surface area (Å²) in [6.07, 6.45) is 1.48. The van der Waals surface area contributed by atoms with Crippen molar-refractivity contribution in [3.05, 3.63) is 76.3 Å². The lowest BCUT2D eigenvalue weighted by Gasteiger charge is -2.13. The second-order valence-electron chi connectivity index (χ2n) is 8.17. The van der Waals surface area contributed by atoms with Gasteiger partial charge in [-0.15, -0.1) is 0 Å². The Hall–Kier alpha value is -4.24. The van der Waals surface area contributed by atoms with Gasteiger partial charge in [-0.1, -0.05) is 17.7 Å². The molecule has 2 N–H and O–H groups in total. The fraction of sp³-hybridized carbons (Fsp3) is 0.276. The van der Waals surface area contributed by atoms with Crippen LogP contribution >= 0.6 is 11.6 Å². The maximum Gasteiger partial charge on any atom is 0.271 e. The summed E-state index contributed by atoms with van der Waals surface area (Å²) < 4.78 is 22.5. The molecule has 0 spiro atoms. The van der Waals surface area contributed by atoms with E-state index in [2.05, 4.69) is 15.8 Å². The number of ether oxygens (including phenoxy) is 4. The number of halogens is 1. The van der Waals surface area contributed by atoms with Crippen LogP contribution in [0.4, 0.5) is 5.69 Å². The first kappa shape index (κ1) is 29.3. The highest BCUT2D eigenvalue weighted by molar-refractivity contribution is 6.31. The van der Waals surface area contributed by atoms with E-state index in [4.69, 9.17) is 30.5 Å². The van der Waals surface area contributed by atoms with Gasteiger partial charge in [0.15, 0.2) is 29.6 Å². The maximum absolute atomic E-state index is 12.6. The molecule has 3 rings (SSSR count). The summed E-state index contributed by atoms with van der Waals surface area (Å²) in [7, 11) is 0. The summed E-state index contributed by atoms with van der Waals surface area (Å²) in [5.41, 5.74) is 5.04. The number of nitrogens with zero attached hydrogens (tertiary/aromatic N) is 1. The van der Waals surface area contributed by atoms with Crippen molar-refractivity contribution < 1.29 is 28.5 Å². The van der Waals surface area contributed by atoms with Gasteiger partial charge in [-0.25, -0.2) is 5.43 Å². The molecule has 0 unspecified atom stereocenters. The molecule has 206 valence electrons. The minimum Gasteiger partial charge on any atom is -0.490 e. The number of rotatable bonds is 13. The summed E-state index contributed by atoms with van der Waals surface area (Å²) in [5.74, 6) is 1.15. The van der Waals surface area contributed by atoms with Gasteiger partial charge in [-0.05, 0) is 87.4 Å². The van der Waals surface area contributed by atoms with Crippen LogP contribution in [0.3, 0.4) is 0 Å². The van der Waals surface area contributed by atoms with Crippen LogP contribution in [0.25, 0.3) is 0 Å². The molecular formula is C29H32ClN3O6. The van der Waals surface area contributed by atoms with E-state index >= 15 is 0 Å². The monoisotopic (exact) mass is 553 g/mol. The smallest absolute Gasteiger partial charge is 0.271 e. The molecule has 0 bridgehead atoms. The molecule has 10 heteroatoms. The minimum atomic E-state index is -0.402. The fourth-order valence-corrected chi connectivity index (χ4v) is 3.61. The van der Waals surface area contributed by atoms with Crippen LogP contribution in [-0.4, -0.2) is 44.5 Å². The SMILES string of the molecule is CCOc1ccc(C(=O)N/N=C/c2ccc(OCC(=O)Nc3ccc(C)c(Cl)c3)c(OCC)c2)cc1OCC. The Morgan fingerprint density at radius 1 is 0.821 bits per heavy atom. The number of hydrogen-bond donors (Lipinski definition) is 2. The van der Waals surface area contributed by atoms with E-state index in [0.717, 1.165) is 5.56 Å². The average Bonchev–Trinajstić information content (AvgIpc) is 2.91. The highest BCUT2D eigenvalue weighted by Gasteiger charge is 2.12. The molecule has 0 radical (unpaired) electrons. The summed E-state index contributed by atoms with van der Waals surface area (Å²) in [5, 5.41) is 7.36. The quantitative estimate of drug-likeness (QED) is 0.210. The number of carbonyl (C=O) groups is 2. The van der Waals surface area contributed by atoms with Gasteiger partial charge in [0.25, 0.3) is 11.8 Å². The van der Waals surface area contributed by atoms with Gasteiger partial charge >= 0.3 is 0 Å². The molecule has 0 fully saturated rings. The molecule has 0 aliphatic rings. The van der Waals surface area contributed by atoms with Crippen molar-refractivity contribution in [2.24, 2.45) is 5.10 Å². The number of hydrogen-bond acceptors (Lipinski definition) is 7. The Balaban J connectivity index is 1.61. The number of nitrogens with one attached hydrogen (secondary N) is 2. The Bertz CT molecular complexity index is 1330. The maximum atomic E-state index is 12.6. The van der Waals surface area contributed by atoms with Crippen LogP contribution in [-0.2, 0) is 4.79 Å². The van der Waals surface area contributed by atoms with Gasteiger partial charge in [0.1, 0.15) is 0 Å². The zero-order valence-electron chi connectivity index (χ0n) is 22.4. The first-order valence-electron chi connectivity index (χ1n) is 12.5. The van der Waals surface area contributed by atoms with Crippen molar-refractivity contribution in [2.45, 2.75) is 27.7 Å². The summed E-state index contributed by atoms with van der Waals surface area (Å²) >= 11 is 6.12. The van der Waals surface area contributed by atoms with Crippen LogP contribution in [0.2, 0.25) is 5.02 Å². The predicted octanol–water partition coefficient (Wildman–Crippen LogP) is 5.63. The predicted molar refractivity (Wildman–Crippen MR) is 152 cm³/mol. The number of benzene rings is 3. The third-order valence-electron chi connectivity index (χ3n) is 5.27. The Labute approximate surface area is 233 Å². The summed E-state index contributed by atoms with van der Waals surface area (Å²) in [6.45, 7) is 8.55. The second kappa shape index (κ2) is 14.6. The molecule has 3 aromatic carbocycles. The zero-order valence-corrected chi connectivity index (χ0v) is 23.1. The third-order valence-corrected chi connectivity index (χ3v) is 5.67. The number of hydrazone groups is 1. The molecule has 0 saturated heterocycles. The van der Waals surface area contributed by atoms with Gasteiger partial charge in [0.05, 0.1) is 26.0 Å². The van der Waals surface area contributed by atoms with Gasteiger partial charge in [0.2, 0.25) is 0 Å². The van der Waals surface area contributed by atoms with Crippen LogP contribution < -0.4 is 29.7 Å². The van der Waals surface area contributed by atoms with Gasteiger partial charge in [-0.3, -0.25) is 9.59 Å². The Morgan fingerprint density at radius 3 is 2.15 bits per heavy atom.